The largest absolute Gasteiger partial charge is 0.356 e. The number of halogens is 4. The summed E-state index contributed by atoms with van der Waals surface area (Å²) in [4.78, 5) is 15.8. The minimum atomic E-state index is -3.68. The molecule has 0 amide bonds. The van der Waals surface area contributed by atoms with Gasteiger partial charge in [-0.1, -0.05) is 6.07 Å². The van der Waals surface area contributed by atoms with Gasteiger partial charge in [0, 0.05) is 13.1 Å². The molecule has 0 spiro atoms. The van der Waals surface area contributed by atoms with Gasteiger partial charge in [0.1, 0.15) is 0 Å². The molecule has 0 atom stereocenters. The first-order valence-corrected chi connectivity index (χ1v) is 5.94. The summed E-state index contributed by atoms with van der Waals surface area (Å²) in [6.45, 7) is 0.300. The topological polar surface area (TPSA) is 52.7 Å². The molecule has 2 heterocycles. The Kier molecular flexibility index (Phi) is 3.60. The van der Waals surface area contributed by atoms with Gasteiger partial charge in [-0.2, -0.15) is 22.2 Å². The molecule has 0 aromatic carbocycles. The van der Waals surface area contributed by atoms with Crippen LogP contribution >= 0.6 is 0 Å². The van der Waals surface area contributed by atoms with Gasteiger partial charge in [0.05, 0.1) is 0 Å². The third kappa shape index (κ3) is 2.67. The zero-order valence-electron chi connectivity index (χ0n) is 11.4. The summed E-state index contributed by atoms with van der Waals surface area (Å²) in [5.41, 5.74) is -0.124. The van der Waals surface area contributed by atoms with E-state index in [0.717, 1.165) is 5.56 Å². The predicted molar refractivity (Wildman–Crippen MR) is 65.9 cm³/mol. The Morgan fingerprint density at radius 2 is 1.90 bits per heavy atom. The van der Waals surface area contributed by atoms with Gasteiger partial charge in [-0.15, -0.1) is 5.10 Å². The van der Waals surface area contributed by atoms with E-state index in [0.29, 0.717) is 17.2 Å². The molecule has 0 aliphatic carbocycles. The smallest absolute Gasteiger partial charge is 0.245 e. The second kappa shape index (κ2) is 4.97. The predicted octanol–water partition coefficient (Wildman–Crippen LogP) is 2.55. The minimum absolute atomic E-state index is 0.0597. The second-order valence-electron chi connectivity index (χ2n) is 4.71. The van der Waals surface area contributed by atoms with Gasteiger partial charge < -0.3 is 0 Å². The molecule has 0 unspecified atom stereocenters. The summed E-state index contributed by atoms with van der Waals surface area (Å²) in [6, 6.07) is 1.64. The summed E-state index contributed by atoms with van der Waals surface area (Å²) >= 11 is 0. The average molecular weight is 304 g/mol. The molecular weight excluding hydrogens is 292 g/mol. The Balaban J connectivity index is 2.75. The van der Waals surface area contributed by atoms with Gasteiger partial charge in [-0.25, -0.2) is 14.3 Å². The van der Waals surface area contributed by atoms with E-state index in [4.69, 9.17) is 0 Å². The van der Waals surface area contributed by atoms with E-state index in [9.17, 15) is 22.4 Å². The van der Waals surface area contributed by atoms with Crippen molar-refractivity contribution < 1.29 is 17.6 Å². The lowest BCUT2D eigenvalue weighted by Crippen LogP contribution is -2.27. The number of hydrogen-bond acceptors (Lipinski definition) is 3. The number of aryl methyl sites for hydroxylation is 2. The molecule has 0 bridgehead atoms. The monoisotopic (exact) mass is 304 g/mol. The first-order chi connectivity index (χ1) is 9.62. The van der Waals surface area contributed by atoms with E-state index in [1.807, 2.05) is 0 Å². The quantitative estimate of drug-likeness (QED) is 0.819. The summed E-state index contributed by atoms with van der Waals surface area (Å²) in [7, 11) is 0. The van der Waals surface area contributed by atoms with E-state index < -0.39 is 24.0 Å². The normalized spacial score (nSPS) is 12.2. The minimum Gasteiger partial charge on any atom is -0.245 e. The van der Waals surface area contributed by atoms with Crippen LogP contribution in [0.15, 0.2) is 17.1 Å². The second-order valence-corrected chi connectivity index (χ2v) is 4.71. The van der Waals surface area contributed by atoms with Crippen molar-refractivity contribution in [1.29, 1.82) is 0 Å². The van der Waals surface area contributed by atoms with E-state index in [-0.39, 0.29) is 10.4 Å². The molecule has 0 aliphatic heterocycles. The van der Waals surface area contributed by atoms with Crippen molar-refractivity contribution in [2.75, 3.05) is 0 Å². The zero-order valence-corrected chi connectivity index (χ0v) is 11.4. The van der Waals surface area contributed by atoms with Crippen LogP contribution in [0.3, 0.4) is 0 Å². The van der Waals surface area contributed by atoms with Crippen molar-refractivity contribution in [3.05, 3.63) is 39.7 Å². The molecule has 9 heteroatoms. The molecule has 2 aromatic heterocycles. The number of aromatic nitrogens is 4. The highest BCUT2D eigenvalue weighted by Gasteiger charge is 2.36. The number of alkyl halides is 4. The Labute approximate surface area is 116 Å². The number of rotatable bonds is 3. The molecule has 5 nitrogen and oxygen atoms in total. The molecule has 0 radical (unpaired) electrons. The first kappa shape index (κ1) is 15.2. The van der Waals surface area contributed by atoms with Crippen LogP contribution in [0.25, 0.3) is 5.82 Å². The van der Waals surface area contributed by atoms with E-state index >= 15 is 0 Å². The fourth-order valence-electron chi connectivity index (χ4n) is 1.92. The van der Waals surface area contributed by atoms with Crippen LogP contribution in [0.4, 0.5) is 17.6 Å². The highest BCUT2D eigenvalue weighted by Crippen LogP contribution is 2.27. The van der Waals surface area contributed by atoms with Crippen molar-refractivity contribution in [2.45, 2.75) is 33.2 Å². The van der Waals surface area contributed by atoms with Gasteiger partial charge in [0.2, 0.25) is 5.82 Å². The van der Waals surface area contributed by atoms with Gasteiger partial charge in [-0.05, 0) is 25.0 Å². The van der Waals surface area contributed by atoms with Crippen molar-refractivity contribution in [3.8, 4) is 5.82 Å². The molecule has 114 valence electrons. The summed E-state index contributed by atoms with van der Waals surface area (Å²) in [5, 5.41) is 3.34. The maximum absolute atomic E-state index is 13.4. The standard InChI is InChI=1S/C12H12F4N4O/c1-6-4-7(2)8(17-5-6)20-11(21)19(10(13)14)9(18-20)12(3,15)16/h4-5,10H,1-3H3. The van der Waals surface area contributed by atoms with Crippen LogP contribution in [-0.4, -0.2) is 19.3 Å². The Morgan fingerprint density at radius 3 is 2.33 bits per heavy atom. The molecule has 2 rings (SSSR count). The molecule has 2 aromatic rings. The van der Waals surface area contributed by atoms with E-state index in [1.54, 1.807) is 19.9 Å². The van der Waals surface area contributed by atoms with Crippen LogP contribution in [-0.2, 0) is 5.92 Å². The number of hydrogen-bond donors (Lipinski definition) is 0. The third-order valence-electron chi connectivity index (χ3n) is 2.79. The summed E-state index contributed by atoms with van der Waals surface area (Å²) < 4.78 is 52.6. The summed E-state index contributed by atoms with van der Waals surface area (Å²) in [6.07, 6.45) is 1.39. The zero-order chi connectivity index (χ0) is 15.9. The number of pyridine rings is 1. The molecule has 21 heavy (non-hydrogen) atoms. The van der Waals surface area contributed by atoms with Crippen LogP contribution in [0.5, 0.6) is 0 Å². The Hall–Kier alpha value is -2.19. The average Bonchev–Trinajstić information content (AvgIpc) is 2.67. The molecule has 0 saturated heterocycles. The fourth-order valence-corrected chi connectivity index (χ4v) is 1.92. The van der Waals surface area contributed by atoms with Crippen molar-refractivity contribution in [2.24, 2.45) is 0 Å². The lowest BCUT2D eigenvalue weighted by Gasteiger charge is -2.09. The van der Waals surface area contributed by atoms with Crippen LogP contribution in [0, 0.1) is 13.8 Å². The molecule has 0 saturated carbocycles. The van der Waals surface area contributed by atoms with Crippen LogP contribution in [0.1, 0.15) is 30.4 Å². The third-order valence-corrected chi connectivity index (χ3v) is 2.79. The van der Waals surface area contributed by atoms with Crippen molar-refractivity contribution >= 4 is 0 Å². The van der Waals surface area contributed by atoms with Gasteiger partial charge >= 0.3 is 18.2 Å². The highest BCUT2D eigenvalue weighted by molar-refractivity contribution is 5.34. The molecule has 0 fully saturated rings. The molecule has 0 N–H and O–H groups in total. The lowest BCUT2D eigenvalue weighted by molar-refractivity contribution is -0.0171. The SMILES string of the molecule is Cc1cnc(-n2nc(C(C)(F)F)n(C(F)F)c2=O)c(C)c1. The van der Waals surface area contributed by atoms with Gasteiger partial charge in [-0.3, -0.25) is 0 Å². The van der Waals surface area contributed by atoms with Gasteiger partial charge in [0.15, 0.2) is 5.82 Å². The van der Waals surface area contributed by atoms with E-state index in [2.05, 4.69) is 10.1 Å². The highest BCUT2D eigenvalue weighted by atomic mass is 19.3. The van der Waals surface area contributed by atoms with E-state index in [1.165, 1.54) is 6.20 Å². The first-order valence-electron chi connectivity index (χ1n) is 5.94. The Bertz CT molecular complexity index is 730. The van der Waals surface area contributed by atoms with Crippen LogP contribution in [0.2, 0.25) is 0 Å². The lowest BCUT2D eigenvalue weighted by atomic mass is 10.2. The maximum Gasteiger partial charge on any atom is 0.356 e. The number of nitrogens with zero attached hydrogens (tertiary/aromatic N) is 4. The van der Waals surface area contributed by atoms with Gasteiger partial charge in [0.25, 0.3) is 0 Å². The van der Waals surface area contributed by atoms with Crippen molar-refractivity contribution in [1.82, 2.24) is 19.3 Å². The van der Waals surface area contributed by atoms with Crippen LogP contribution < -0.4 is 5.69 Å². The Morgan fingerprint density at radius 1 is 1.29 bits per heavy atom. The summed E-state index contributed by atoms with van der Waals surface area (Å²) in [5.74, 6) is -5.04. The van der Waals surface area contributed by atoms with Crippen molar-refractivity contribution in [3.63, 3.8) is 0 Å². The molecule has 0 aliphatic rings. The fraction of sp³-hybridized carbons (Fsp3) is 0.417. The maximum atomic E-state index is 13.4. The molecular formula is C12H12F4N4O.